The minimum absolute atomic E-state index is 0.0246. The van der Waals surface area contributed by atoms with E-state index >= 15 is 0 Å². The molecule has 9 heteroatoms. The molecule has 1 N–H and O–H groups in total. The number of hydrogen-bond acceptors (Lipinski definition) is 7. The summed E-state index contributed by atoms with van der Waals surface area (Å²) in [7, 11) is 1.59. The van der Waals surface area contributed by atoms with Gasteiger partial charge in [-0.1, -0.05) is 42.1 Å². The second kappa shape index (κ2) is 11.5. The molecule has 8 nitrogen and oxygen atoms in total. The lowest BCUT2D eigenvalue weighted by molar-refractivity contribution is -0.113. The number of amides is 1. The molecule has 36 heavy (non-hydrogen) atoms. The van der Waals surface area contributed by atoms with E-state index in [0.717, 1.165) is 5.69 Å². The fraction of sp³-hybridized carbons (Fsp3) is 0.185. The molecule has 0 spiro atoms. The molecule has 0 aliphatic carbocycles. The Morgan fingerprint density at radius 1 is 0.944 bits per heavy atom. The Balaban J connectivity index is 1.52. The monoisotopic (exact) mass is 502 g/mol. The van der Waals surface area contributed by atoms with Crippen LogP contribution in [0.15, 0.2) is 84.0 Å². The largest absolute Gasteiger partial charge is 0.493 e. The first kappa shape index (κ1) is 25.0. The normalized spacial score (nSPS) is 11.5. The molecule has 1 heterocycles. The number of ketones is 1. The van der Waals surface area contributed by atoms with Crippen LogP contribution in [0.5, 0.6) is 11.5 Å². The number of methoxy groups -OCH3 is 1. The number of hydrogen-bond donors (Lipinski definition) is 1. The highest BCUT2D eigenvalue weighted by Crippen LogP contribution is 2.32. The Kier molecular flexibility index (Phi) is 8.02. The summed E-state index contributed by atoms with van der Waals surface area (Å²) < 4.78 is 13.5. The van der Waals surface area contributed by atoms with Gasteiger partial charge in [0, 0.05) is 16.9 Å². The standard InChI is InChI=1S/C27H26N4O4S/c1-18(32)20-13-15-21(16-14-20)28-25(33)17-36-27-30-29-26(31(27)22-9-5-4-6-10-22)19(2)35-24-12-8-7-11-23(24)34-3/h4-16,19H,17H2,1-3H3,(H,28,33). The highest BCUT2D eigenvalue weighted by atomic mass is 32.2. The molecule has 0 fully saturated rings. The summed E-state index contributed by atoms with van der Waals surface area (Å²) in [5.74, 6) is 1.72. The number of carbonyl (C=O) groups excluding carboxylic acids is 2. The third-order valence-corrected chi connectivity index (χ3v) is 6.25. The minimum atomic E-state index is -0.447. The molecular formula is C27H26N4O4S. The Labute approximate surface area is 213 Å². The second-order valence-electron chi connectivity index (χ2n) is 7.89. The maximum atomic E-state index is 12.6. The molecule has 0 saturated carbocycles. The van der Waals surface area contributed by atoms with Gasteiger partial charge in [-0.15, -0.1) is 10.2 Å². The summed E-state index contributed by atoms with van der Waals surface area (Å²) in [6.07, 6.45) is -0.447. The van der Waals surface area contributed by atoms with Crippen molar-refractivity contribution in [3.63, 3.8) is 0 Å². The van der Waals surface area contributed by atoms with Gasteiger partial charge < -0.3 is 14.8 Å². The summed E-state index contributed by atoms with van der Waals surface area (Å²) in [4.78, 5) is 24.1. The molecule has 1 unspecified atom stereocenters. The van der Waals surface area contributed by atoms with Crippen LogP contribution in [0.4, 0.5) is 5.69 Å². The van der Waals surface area contributed by atoms with E-state index in [1.54, 1.807) is 31.4 Å². The Morgan fingerprint density at radius 3 is 2.28 bits per heavy atom. The van der Waals surface area contributed by atoms with Crippen LogP contribution in [0, 0.1) is 0 Å². The number of thioether (sulfide) groups is 1. The number of rotatable bonds is 10. The van der Waals surface area contributed by atoms with Crippen LogP contribution in [0.25, 0.3) is 5.69 Å². The van der Waals surface area contributed by atoms with Gasteiger partial charge in [-0.3, -0.25) is 14.2 Å². The molecule has 0 aliphatic heterocycles. The molecule has 1 aromatic heterocycles. The first-order valence-corrected chi connectivity index (χ1v) is 12.3. The zero-order chi connectivity index (χ0) is 25.5. The van der Waals surface area contributed by atoms with Crippen molar-refractivity contribution in [3.05, 3.63) is 90.3 Å². The van der Waals surface area contributed by atoms with Crippen LogP contribution in [0.3, 0.4) is 0 Å². The zero-order valence-corrected chi connectivity index (χ0v) is 21.0. The molecule has 0 aliphatic rings. The molecule has 0 saturated heterocycles. The number of aromatic nitrogens is 3. The predicted octanol–water partition coefficient (Wildman–Crippen LogP) is 5.35. The summed E-state index contributed by atoms with van der Waals surface area (Å²) >= 11 is 1.27. The summed E-state index contributed by atoms with van der Waals surface area (Å²) in [6.45, 7) is 3.39. The topological polar surface area (TPSA) is 95.3 Å². The average molecular weight is 503 g/mol. The van der Waals surface area contributed by atoms with Crippen molar-refractivity contribution in [2.75, 3.05) is 18.2 Å². The van der Waals surface area contributed by atoms with Crippen LogP contribution in [0.1, 0.15) is 36.1 Å². The van der Waals surface area contributed by atoms with Gasteiger partial charge in [0.15, 0.2) is 34.4 Å². The van der Waals surface area contributed by atoms with Crippen LogP contribution >= 0.6 is 11.8 Å². The second-order valence-corrected chi connectivity index (χ2v) is 8.84. The van der Waals surface area contributed by atoms with Crippen molar-refractivity contribution in [3.8, 4) is 17.2 Å². The van der Waals surface area contributed by atoms with Crippen molar-refractivity contribution >= 4 is 29.1 Å². The van der Waals surface area contributed by atoms with Gasteiger partial charge in [-0.25, -0.2) is 0 Å². The quantitative estimate of drug-likeness (QED) is 0.231. The summed E-state index contributed by atoms with van der Waals surface area (Å²) in [5.41, 5.74) is 2.07. The van der Waals surface area contributed by atoms with Gasteiger partial charge in [0.2, 0.25) is 5.91 Å². The fourth-order valence-corrected chi connectivity index (χ4v) is 4.29. The molecule has 184 valence electrons. The molecule has 3 aromatic carbocycles. The third kappa shape index (κ3) is 5.92. The van der Waals surface area contributed by atoms with Crippen molar-refractivity contribution < 1.29 is 19.1 Å². The number of anilines is 1. The number of nitrogens with zero attached hydrogens (tertiary/aromatic N) is 3. The predicted molar refractivity (Wildman–Crippen MR) is 139 cm³/mol. The van der Waals surface area contributed by atoms with Crippen LogP contribution < -0.4 is 14.8 Å². The Morgan fingerprint density at radius 2 is 1.61 bits per heavy atom. The van der Waals surface area contributed by atoms with Crippen LogP contribution in [-0.4, -0.2) is 39.3 Å². The highest BCUT2D eigenvalue weighted by Gasteiger charge is 2.22. The minimum Gasteiger partial charge on any atom is -0.493 e. The Hall–Kier alpha value is -4.11. The van der Waals surface area contributed by atoms with E-state index in [2.05, 4.69) is 15.5 Å². The van der Waals surface area contributed by atoms with E-state index in [0.29, 0.717) is 33.7 Å². The summed E-state index contributed by atoms with van der Waals surface area (Å²) in [6, 6.07) is 23.9. The number of benzene rings is 3. The number of nitrogens with one attached hydrogen (secondary N) is 1. The smallest absolute Gasteiger partial charge is 0.234 e. The average Bonchev–Trinajstić information content (AvgIpc) is 3.33. The lowest BCUT2D eigenvalue weighted by Crippen LogP contribution is -2.15. The lowest BCUT2D eigenvalue weighted by Gasteiger charge is -2.18. The van der Waals surface area contributed by atoms with Gasteiger partial charge >= 0.3 is 0 Å². The fourth-order valence-electron chi connectivity index (χ4n) is 3.53. The first-order chi connectivity index (χ1) is 17.5. The van der Waals surface area contributed by atoms with Crippen molar-refractivity contribution in [2.45, 2.75) is 25.1 Å². The molecule has 1 amide bonds. The molecule has 0 radical (unpaired) electrons. The number of para-hydroxylation sites is 3. The SMILES string of the molecule is COc1ccccc1OC(C)c1nnc(SCC(=O)Nc2ccc(C(C)=O)cc2)n1-c1ccccc1. The molecular weight excluding hydrogens is 476 g/mol. The lowest BCUT2D eigenvalue weighted by atomic mass is 10.1. The van der Waals surface area contributed by atoms with E-state index in [9.17, 15) is 9.59 Å². The Bertz CT molecular complexity index is 1340. The van der Waals surface area contributed by atoms with Crippen molar-refractivity contribution in [2.24, 2.45) is 0 Å². The highest BCUT2D eigenvalue weighted by molar-refractivity contribution is 7.99. The first-order valence-electron chi connectivity index (χ1n) is 11.3. The molecule has 1 atom stereocenters. The van der Waals surface area contributed by atoms with Crippen LogP contribution in [0.2, 0.25) is 0 Å². The van der Waals surface area contributed by atoms with Gasteiger partial charge in [0.25, 0.3) is 0 Å². The zero-order valence-electron chi connectivity index (χ0n) is 20.2. The van der Waals surface area contributed by atoms with Crippen LogP contribution in [-0.2, 0) is 4.79 Å². The van der Waals surface area contributed by atoms with Crippen molar-refractivity contribution in [1.29, 1.82) is 0 Å². The van der Waals surface area contributed by atoms with E-state index in [-0.39, 0.29) is 17.4 Å². The van der Waals surface area contributed by atoms with E-state index in [4.69, 9.17) is 9.47 Å². The number of Topliss-reactive ketones (excluding diaryl/α,β-unsaturated/α-hetero) is 1. The molecule has 4 aromatic rings. The van der Waals surface area contributed by atoms with E-state index < -0.39 is 6.10 Å². The maximum Gasteiger partial charge on any atom is 0.234 e. The molecule has 0 bridgehead atoms. The van der Waals surface area contributed by atoms with E-state index in [1.807, 2.05) is 66.1 Å². The van der Waals surface area contributed by atoms with Crippen molar-refractivity contribution in [1.82, 2.24) is 14.8 Å². The summed E-state index contributed by atoms with van der Waals surface area (Å²) in [5, 5.41) is 12.2. The van der Waals surface area contributed by atoms with Gasteiger partial charge in [-0.05, 0) is 62.4 Å². The van der Waals surface area contributed by atoms with Gasteiger partial charge in [0.05, 0.1) is 12.9 Å². The van der Waals surface area contributed by atoms with Gasteiger partial charge in [0.1, 0.15) is 0 Å². The molecule has 4 rings (SSSR count). The third-order valence-electron chi connectivity index (χ3n) is 5.32. The van der Waals surface area contributed by atoms with Gasteiger partial charge in [-0.2, -0.15) is 0 Å². The van der Waals surface area contributed by atoms with E-state index in [1.165, 1.54) is 18.7 Å². The number of carbonyl (C=O) groups is 2. The maximum absolute atomic E-state index is 12.6. The number of ether oxygens (including phenoxy) is 2.